The van der Waals surface area contributed by atoms with Crippen LogP contribution in [0.4, 0.5) is 13.2 Å². The minimum Gasteiger partial charge on any atom is -0.409 e. The first-order valence-electron chi connectivity index (χ1n) is 4.65. The average Bonchev–Trinajstić information content (AvgIpc) is 2.11. The van der Waals surface area contributed by atoms with Crippen molar-refractivity contribution in [2.24, 2.45) is 16.3 Å². The molecule has 16 heavy (non-hydrogen) atoms. The molecule has 0 aromatic heterocycles. The Labute approximate surface area is 89.5 Å². The van der Waals surface area contributed by atoms with Crippen molar-refractivity contribution in [2.75, 3.05) is 6.54 Å². The normalized spacial score (nSPS) is 20.1. The Morgan fingerprint density at radius 1 is 1.50 bits per heavy atom. The van der Waals surface area contributed by atoms with Gasteiger partial charge in [-0.05, 0) is 12.8 Å². The lowest BCUT2D eigenvalue weighted by molar-refractivity contribution is -0.144. The van der Waals surface area contributed by atoms with Crippen LogP contribution in [0.15, 0.2) is 5.16 Å². The minimum absolute atomic E-state index is 0.298. The molecule has 0 aromatic rings. The first kappa shape index (κ1) is 12.6. The fourth-order valence-electron chi connectivity index (χ4n) is 1.58. The third kappa shape index (κ3) is 2.37. The van der Waals surface area contributed by atoms with Crippen LogP contribution in [0.3, 0.4) is 0 Å². The second-order valence-electron chi connectivity index (χ2n) is 3.72. The predicted octanol–water partition coefficient (Wildman–Crippen LogP) is 0.582. The van der Waals surface area contributed by atoms with E-state index in [0.717, 1.165) is 0 Å². The number of amidine groups is 1. The van der Waals surface area contributed by atoms with Crippen LogP contribution in [-0.4, -0.2) is 29.7 Å². The van der Waals surface area contributed by atoms with E-state index in [-0.39, 0.29) is 5.84 Å². The second-order valence-corrected chi connectivity index (χ2v) is 3.72. The smallest absolute Gasteiger partial charge is 0.405 e. The molecule has 1 saturated carbocycles. The van der Waals surface area contributed by atoms with Gasteiger partial charge in [0.05, 0.1) is 0 Å². The zero-order chi connectivity index (χ0) is 12.4. The Bertz CT molecular complexity index is 310. The second kappa shape index (κ2) is 4.18. The largest absolute Gasteiger partial charge is 0.409 e. The van der Waals surface area contributed by atoms with Crippen molar-refractivity contribution < 1.29 is 23.2 Å². The molecule has 0 saturated heterocycles. The Hall–Kier alpha value is -1.47. The van der Waals surface area contributed by atoms with Crippen LogP contribution < -0.4 is 11.1 Å². The molecule has 0 radical (unpaired) electrons. The van der Waals surface area contributed by atoms with Gasteiger partial charge in [-0.3, -0.25) is 4.79 Å². The topological polar surface area (TPSA) is 87.7 Å². The number of rotatable bonds is 3. The molecule has 0 spiro atoms. The number of alkyl halides is 3. The molecule has 1 aliphatic carbocycles. The maximum atomic E-state index is 11.9. The number of oxime groups is 1. The average molecular weight is 239 g/mol. The van der Waals surface area contributed by atoms with E-state index in [9.17, 15) is 18.0 Å². The third-order valence-electron chi connectivity index (χ3n) is 2.69. The molecule has 1 aliphatic rings. The van der Waals surface area contributed by atoms with Crippen LogP contribution in [0.2, 0.25) is 0 Å². The van der Waals surface area contributed by atoms with E-state index in [1.54, 1.807) is 5.32 Å². The molecule has 4 N–H and O–H groups in total. The van der Waals surface area contributed by atoms with Crippen molar-refractivity contribution in [1.29, 1.82) is 0 Å². The molecule has 5 nitrogen and oxygen atoms in total. The van der Waals surface area contributed by atoms with Gasteiger partial charge >= 0.3 is 6.18 Å². The Morgan fingerprint density at radius 3 is 2.38 bits per heavy atom. The highest BCUT2D eigenvalue weighted by atomic mass is 19.4. The zero-order valence-electron chi connectivity index (χ0n) is 8.34. The van der Waals surface area contributed by atoms with Crippen LogP contribution in [0.25, 0.3) is 0 Å². The number of carbonyl (C=O) groups is 1. The zero-order valence-corrected chi connectivity index (χ0v) is 8.34. The van der Waals surface area contributed by atoms with Gasteiger partial charge in [0.15, 0.2) is 5.84 Å². The Balaban J connectivity index is 2.65. The van der Waals surface area contributed by atoms with Gasteiger partial charge in [-0.2, -0.15) is 13.2 Å². The highest BCUT2D eigenvalue weighted by Crippen LogP contribution is 2.41. The molecule has 0 unspecified atom stereocenters. The maximum Gasteiger partial charge on any atom is 0.405 e. The van der Waals surface area contributed by atoms with E-state index in [1.165, 1.54) is 0 Å². The highest BCUT2D eigenvalue weighted by molar-refractivity contribution is 6.07. The summed E-state index contributed by atoms with van der Waals surface area (Å²) in [6, 6.07) is 0. The summed E-state index contributed by atoms with van der Waals surface area (Å²) in [4.78, 5) is 11.5. The number of halogens is 3. The number of hydrogen-bond acceptors (Lipinski definition) is 3. The molecular weight excluding hydrogens is 227 g/mol. The van der Waals surface area contributed by atoms with Crippen molar-refractivity contribution in [2.45, 2.75) is 25.4 Å². The molecule has 92 valence electrons. The highest BCUT2D eigenvalue weighted by Gasteiger charge is 2.49. The lowest BCUT2D eigenvalue weighted by Gasteiger charge is -2.38. The van der Waals surface area contributed by atoms with Gasteiger partial charge in [0.1, 0.15) is 12.0 Å². The Morgan fingerprint density at radius 2 is 2.06 bits per heavy atom. The number of nitrogens with zero attached hydrogens (tertiary/aromatic N) is 1. The van der Waals surface area contributed by atoms with Crippen LogP contribution in [0, 0.1) is 5.41 Å². The summed E-state index contributed by atoms with van der Waals surface area (Å²) in [6.45, 7) is -1.41. The molecule has 0 aromatic carbocycles. The van der Waals surface area contributed by atoms with Crippen molar-refractivity contribution in [1.82, 2.24) is 5.32 Å². The fourth-order valence-corrected chi connectivity index (χ4v) is 1.58. The van der Waals surface area contributed by atoms with Gasteiger partial charge < -0.3 is 16.3 Å². The van der Waals surface area contributed by atoms with E-state index >= 15 is 0 Å². The van der Waals surface area contributed by atoms with Gasteiger partial charge in [-0.1, -0.05) is 11.6 Å². The summed E-state index contributed by atoms with van der Waals surface area (Å²) in [5.74, 6) is -1.18. The molecule has 1 fully saturated rings. The quantitative estimate of drug-likeness (QED) is 0.291. The van der Waals surface area contributed by atoms with Crippen molar-refractivity contribution in [3.8, 4) is 0 Å². The standard InChI is InChI=1S/C8H12F3N3O2/c9-8(10,11)4-13-6(15)7(2-1-3-7)5(12)14-16/h16H,1-4H2,(H2,12,14)(H,13,15). The molecule has 1 amide bonds. The van der Waals surface area contributed by atoms with Gasteiger partial charge in [0, 0.05) is 0 Å². The molecule has 0 atom stereocenters. The summed E-state index contributed by atoms with van der Waals surface area (Å²) < 4.78 is 35.7. The summed E-state index contributed by atoms with van der Waals surface area (Å²) in [6.07, 6.45) is -3.21. The third-order valence-corrected chi connectivity index (χ3v) is 2.69. The number of nitrogens with two attached hydrogens (primary N) is 1. The molecular formula is C8H12F3N3O2. The van der Waals surface area contributed by atoms with Crippen molar-refractivity contribution >= 4 is 11.7 Å². The van der Waals surface area contributed by atoms with Gasteiger partial charge in [-0.15, -0.1) is 0 Å². The van der Waals surface area contributed by atoms with Gasteiger partial charge in [-0.25, -0.2) is 0 Å². The van der Waals surface area contributed by atoms with Crippen LogP contribution >= 0.6 is 0 Å². The lowest BCUT2D eigenvalue weighted by Crippen LogP contribution is -2.55. The summed E-state index contributed by atoms with van der Waals surface area (Å²) in [5, 5.41) is 12.9. The van der Waals surface area contributed by atoms with Crippen LogP contribution in [0.1, 0.15) is 19.3 Å². The first-order valence-corrected chi connectivity index (χ1v) is 4.65. The van der Waals surface area contributed by atoms with Gasteiger partial charge in [0.25, 0.3) is 0 Å². The maximum absolute atomic E-state index is 11.9. The predicted molar refractivity (Wildman–Crippen MR) is 48.8 cm³/mol. The molecule has 0 heterocycles. The lowest BCUT2D eigenvalue weighted by atomic mass is 9.67. The van der Waals surface area contributed by atoms with E-state index in [0.29, 0.717) is 19.3 Å². The Kier molecular flexibility index (Phi) is 3.30. The minimum atomic E-state index is -4.47. The van der Waals surface area contributed by atoms with E-state index < -0.39 is 24.0 Å². The van der Waals surface area contributed by atoms with E-state index in [2.05, 4.69) is 5.16 Å². The first-order chi connectivity index (χ1) is 7.32. The van der Waals surface area contributed by atoms with E-state index in [4.69, 9.17) is 10.9 Å². The number of nitrogens with one attached hydrogen (secondary N) is 1. The van der Waals surface area contributed by atoms with E-state index in [1.807, 2.05) is 0 Å². The molecule has 1 rings (SSSR count). The molecule has 8 heteroatoms. The van der Waals surface area contributed by atoms with Crippen molar-refractivity contribution in [3.05, 3.63) is 0 Å². The number of amides is 1. The monoisotopic (exact) mass is 239 g/mol. The SMILES string of the molecule is NC(=NO)C1(C(=O)NCC(F)(F)F)CCC1. The van der Waals surface area contributed by atoms with Crippen LogP contribution in [-0.2, 0) is 4.79 Å². The van der Waals surface area contributed by atoms with Crippen molar-refractivity contribution in [3.63, 3.8) is 0 Å². The summed E-state index contributed by atoms with van der Waals surface area (Å²) >= 11 is 0. The summed E-state index contributed by atoms with van der Waals surface area (Å²) in [7, 11) is 0. The van der Waals surface area contributed by atoms with Crippen LogP contribution in [0.5, 0.6) is 0 Å². The summed E-state index contributed by atoms with van der Waals surface area (Å²) in [5.41, 5.74) is 4.05. The number of hydrogen-bond donors (Lipinski definition) is 3. The van der Waals surface area contributed by atoms with Gasteiger partial charge in [0.2, 0.25) is 5.91 Å². The molecule has 0 aliphatic heterocycles. The number of carbonyl (C=O) groups excluding carboxylic acids is 1. The fraction of sp³-hybridized carbons (Fsp3) is 0.750. The molecule has 0 bridgehead atoms.